The van der Waals surface area contributed by atoms with E-state index in [-0.39, 0.29) is 0 Å². The lowest BCUT2D eigenvalue weighted by Gasteiger charge is -2.31. The second-order valence-corrected chi connectivity index (χ2v) is 5.53. The molecule has 0 amide bonds. The van der Waals surface area contributed by atoms with Crippen LogP contribution in [0.3, 0.4) is 0 Å². The third-order valence-electron chi connectivity index (χ3n) is 4.28. The second kappa shape index (κ2) is 5.70. The molecule has 0 aliphatic carbocycles. The highest BCUT2D eigenvalue weighted by Gasteiger charge is 2.26. The minimum atomic E-state index is 0.747. The monoisotopic (exact) mass is 245 g/mol. The molecule has 1 aromatic heterocycles. The molecule has 3 rings (SSSR count). The van der Waals surface area contributed by atoms with Crippen LogP contribution in [0, 0.1) is 0 Å². The van der Waals surface area contributed by atoms with Crippen LogP contribution in [0.4, 0.5) is 5.82 Å². The summed E-state index contributed by atoms with van der Waals surface area (Å²) in [4.78, 5) is 9.69. The second-order valence-electron chi connectivity index (χ2n) is 5.53. The maximum Gasteiger partial charge on any atom is 0.128 e. The van der Waals surface area contributed by atoms with Gasteiger partial charge in [-0.2, -0.15) is 0 Å². The first kappa shape index (κ1) is 12.0. The van der Waals surface area contributed by atoms with Crippen LogP contribution in [0.15, 0.2) is 24.4 Å². The summed E-state index contributed by atoms with van der Waals surface area (Å²) in [7, 11) is 0. The van der Waals surface area contributed by atoms with Crippen LogP contribution in [0.1, 0.15) is 32.1 Å². The SMILES string of the molecule is c1ccc(N2CCCC[C@H](N3CCCC3)C2)nc1. The van der Waals surface area contributed by atoms with E-state index in [0.717, 1.165) is 18.4 Å². The molecular formula is C15H23N3. The molecule has 3 heterocycles. The van der Waals surface area contributed by atoms with Gasteiger partial charge in [0.25, 0.3) is 0 Å². The summed E-state index contributed by atoms with van der Waals surface area (Å²) < 4.78 is 0. The number of aromatic nitrogens is 1. The number of hydrogen-bond acceptors (Lipinski definition) is 3. The van der Waals surface area contributed by atoms with Crippen LogP contribution in [0.2, 0.25) is 0 Å². The van der Waals surface area contributed by atoms with Gasteiger partial charge in [-0.05, 0) is 50.9 Å². The zero-order valence-corrected chi connectivity index (χ0v) is 11.1. The summed E-state index contributed by atoms with van der Waals surface area (Å²) in [6.07, 6.45) is 8.72. The smallest absolute Gasteiger partial charge is 0.128 e. The largest absolute Gasteiger partial charge is 0.355 e. The number of pyridine rings is 1. The van der Waals surface area contributed by atoms with E-state index >= 15 is 0 Å². The van der Waals surface area contributed by atoms with Gasteiger partial charge in [-0.15, -0.1) is 0 Å². The molecule has 0 radical (unpaired) electrons. The van der Waals surface area contributed by atoms with Crippen molar-refractivity contribution in [1.29, 1.82) is 0 Å². The topological polar surface area (TPSA) is 19.4 Å². The van der Waals surface area contributed by atoms with Crippen molar-refractivity contribution in [2.75, 3.05) is 31.1 Å². The fourth-order valence-electron chi connectivity index (χ4n) is 3.27. The molecule has 0 unspecified atom stereocenters. The summed E-state index contributed by atoms with van der Waals surface area (Å²) >= 11 is 0. The molecule has 0 N–H and O–H groups in total. The number of hydrogen-bond donors (Lipinski definition) is 0. The third-order valence-corrected chi connectivity index (χ3v) is 4.28. The highest BCUT2D eigenvalue weighted by atomic mass is 15.3. The predicted octanol–water partition coefficient (Wildman–Crippen LogP) is 2.54. The molecule has 18 heavy (non-hydrogen) atoms. The molecule has 0 aromatic carbocycles. The van der Waals surface area contributed by atoms with Crippen molar-refractivity contribution in [3.05, 3.63) is 24.4 Å². The van der Waals surface area contributed by atoms with Crippen LogP contribution in [0.5, 0.6) is 0 Å². The van der Waals surface area contributed by atoms with E-state index in [1.807, 2.05) is 12.3 Å². The molecule has 98 valence electrons. The Kier molecular flexibility index (Phi) is 3.79. The first-order valence-electron chi connectivity index (χ1n) is 7.33. The van der Waals surface area contributed by atoms with Gasteiger partial charge in [0.05, 0.1) is 0 Å². The van der Waals surface area contributed by atoms with E-state index < -0.39 is 0 Å². The summed E-state index contributed by atoms with van der Waals surface area (Å²) in [6.45, 7) is 4.94. The molecule has 3 heteroatoms. The van der Waals surface area contributed by atoms with Gasteiger partial charge in [0, 0.05) is 25.3 Å². The van der Waals surface area contributed by atoms with Crippen molar-refractivity contribution in [2.24, 2.45) is 0 Å². The van der Waals surface area contributed by atoms with Crippen molar-refractivity contribution in [1.82, 2.24) is 9.88 Å². The fourth-order valence-corrected chi connectivity index (χ4v) is 3.27. The Labute approximate surface area is 110 Å². The molecular weight excluding hydrogens is 222 g/mol. The lowest BCUT2D eigenvalue weighted by atomic mass is 10.1. The first-order chi connectivity index (χ1) is 8.93. The van der Waals surface area contributed by atoms with Gasteiger partial charge in [-0.1, -0.05) is 12.5 Å². The van der Waals surface area contributed by atoms with Gasteiger partial charge in [0.15, 0.2) is 0 Å². The summed E-state index contributed by atoms with van der Waals surface area (Å²) in [5.74, 6) is 1.16. The quantitative estimate of drug-likeness (QED) is 0.798. The van der Waals surface area contributed by atoms with E-state index in [4.69, 9.17) is 0 Å². The number of likely N-dealkylation sites (tertiary alicyclic amines) is 1. The molecule has 2 aliphatic heterocycles. The Morgan fingerprint density at radius 1 is 1.00 bits per heavy atom. The van der Waals surface area contributed by atoms with E-state index in [2.05, 4.69) is 26.9 Å². The Balaban J connectivity index is 1.71. The molecule has 2 fully saturated rings. The van der Waals surface area contributed by atoms with Crippen molar-refractivity contribution in [3.63, 3.8) is 0 Å². The van der Waals surface area contributed by atoms with Gasteiger partial charge in [0.1, 0.15) is 5.82 Å². The van der Waals surface area contributed by atoms with Crippen molar-refractivity contribution >= 4 is 5.82 Å². The summed E-state index contributed by atoms with van der Waals surface area (Å²) in [5.41, 5.74) is 0. The Hall–Kier alpha value is -1.09. The molecule has 3 nitrogen and oxygen atoms in total. The van der Waals surface area contributed by atoms with Crippen molar-refractivity contribution in [3.8, 4) is 0 Å². The lowest BCUT2D eigenvalue weighted by molar-refractivity contribution is 0.236. The minimum Gasteiger partial charge on any atom is -0.355 e. The number of anilines is 1. The van der Waals surface area contributed by atoms with Crippen LogP contribution in [-0.4, -0.2) is 42.1 Å². The Morgan fingerprint density at radius 3 is 2.61 bits per heavy atom. The van der Waals surface area contributed by atoms with Gasteiger partial charge in [-0.3, -0.25) is 4.90 Å². The Bertz CT molecular complexity index is 359. The zero-order valence-electron chi connectivity index (χ0n) is 11.1. The van der Waals surface area contributed by atoms with Gasteiger partial charge in [0.2, 0.25) is 0 Å². The highest BCUT2D eigenvalue weighted by molar-refractivity contribution is 5.38. The average molecular weight is 245 g/mol. The maximum absolute atomic E-state index is 4.51. The summed E-state index contributed by atoms with van der Waals surface area (Å²) in [5, 5.41) is 0. The molecule has 2 aliphatic rings. The van der Waals surface area contributed by atoms with Crippen LogP contribution < -0.4 is 4.90 Å². The van der Waals surface area contributed by atoms with Gasteiger partial charge >= 0.3 is 0 Å². The standard InChI is InChI=1S/C15H23N3/c1-3-9-16-15(8-1)18-12-4-2-7-14(13-18)17-10-5-6-11-17/h1,3,8-9,14H,2,4-7,10-13H2/t14-/m0/s1. The first-order valence-corrected chi connectivity index (χ1v) is 7.33. The van der Waals surface area contributed by atoms with Gasteiger partial charge < -0.3 is 4.90 Å². The highest BCUT2D eigenvalue weighted by Crippen LogP contribution is 2.22. The molecule has 1 atom stereocenters. The van der Waals surface area contributed by atoms with E-state index in [1.165, 1.54) is 51.7 Å². The van der Waals surface area contributed by atoms with Crippen molar-refractivity contribution < 1.29 is 0 Å². The molecule has 0 bridgehead atoms. The average Bonchev–Trinajstić information content (AvgIpc) is 2.85. The van der Waals surface area contributed by atoms with E-state index in [9.17, 15) is 0 Å². The fraction of sp³-hybridized carbons (Fsp3) is 0.667. The number of rotatable bonds is 2. The molecule has 2 saturated heterocycles. The van der Waals surface area contributed by atoms with E-state index in [1.54, 1.807) is 0 Å². The summed E-state index contributed by atoms with van der Waals surface area (Å²) in [6, 6.07) is 6.99. The normalized spacial score (nSPS) is 26.2. The van der Waals surface area contributed by atoms with Gasteiger partial charge in [-0.25, -0.2) is 4.98 Å². The molecule has 1 aromatic rings. The minimum absolute atomic E-state index is 0.747. The molecule has 0 spiro atoms. The predicted molar refractivity (Wildman–Crippen MR) is 74.9 cm³/mol. The zero-order chi connectivity index (χ0) is 12.2. The lowest BCUT2D eigenvalue weighted by Crippen LogP contribution is -2.41. The van der Waals surface area contributed by atoms with E-state index in [0.29, 0.717) is 0 Å². The van der Waals surface area contributed by atoms with Crippen LogP contribution in [-0.2, 0) is 0 Å². The van der Waals surface area contributed by atoms with Crippen molar-refractivity contribution in [2.45, 2.75) is 38.1 Å². The number of nitrogens with zero attached hydrogens (tertiary/aromatic N) is 3. The van der Waals surface area contributed by atoms with Crippen LogP contribution in [0.25, 0.3) is 0 Å². The molecule has 0 saturated carbocycles. The maximum atomic E-state index is 4.51. The third kappa shape index (κ3) is 2.66. The Morgan fingerprint density at radius 2 is 1.83 bits per heavy atom. The van der Waals surface area contributed by atoms with Crippen LogP contribution >= 0.6 is 0 Å².